The zero-order valence-corrected chi connectivity index (χ0v) is 16.3. The molecule has 0 bridgehead atoms. The Morgan fingerprint density at radius 3 is 2.23 bits per heavy atom. The molecular formula is C23H20N2O5. The Morgan fingerprint density at radius 2 is 1.60 bits per heavy atom. The van der Waals surface area contributed by atoms with Crippen LogP contribution in [0, 0.1) is 10.1 Å². The number of hydrogen-bond donors (Lipinski definition) is 1. The fourth-order valence-electron chi connectivity index (χ4n) is 2.91. The van der Waals surface area contributed by atoms with Crippen LogP contribution in [0.15, 0.2) is 78.9 Å². The van der Waals surface area contributed by atoms with Crippen LogP contribution in [-0.4, -0.2) is 22.7 Å². The summed E-state index contributed by atoms with van der Waals surface area (Å²) in [5.41, 5.74) is 0.744. The third-order valence-corrected chi connectivity index (χ3v) is 4.46. The fourth-order valence-corrected chi connectivity index (χ4v) is 2.91. The van der Waals surface area contributed by atoms with Crippen molar-refractivity contribution in [2.75, 3.05) is 5.32 Å². The van der Waals surface area contributed by atoms with Gasteiger partial charge in [-0.05, 0) is 36.8 Å². The molecular weight excluding hydrogens is 384 g/mol. The molecule has 0 aliphatic rings. The maximum Gasteiger partial charge on any atom is 0.282 e. The molecule has 1 unspecified atom stereocenters. The van der Waals surface area contributed by atoms with Crippen molar-refractivity contribution in [1.82, 2.24) is 0 Å². The number of hydrogen-bond acceptors (Lipinski definition) is 5. The molecule has 30 heavy (non-hydrogen) atoms. The van der Waals surface area contributed by atoms with E-state index in [1.807, 2.05) is 13.0 Å². The Morgan fingerprint density at radius 1 is 0.967 bits per heavy atom. The van der Waals surface area contributed by atoms with Crippen molar-refractivity contribution in [3.63, 3.8) is 0 Å². The highest BCUT2D eigenvalue weighted by Gasteiger charge is 2.21. The predicted molar refractivity (Wildman–Crippen MR) is 113 cm³/mol. The molecule has 0 aliphatic carbocycles. The highest BCUT2D eigenvalue weighted by Crippen LogP contribution is 2.22. The number of nitro groups is 1. The summed E-state index contributed by atoms with van der Waals surface area (Å²) in [4.78, 5) is 35.5. The van der Waals surface area contributed by atoms with Crippen molar-refractivity contribution >= 4 is 23.1 Å². The lowest BCUT2D eigenvalue weighted by atomic mass is 10.0. The number of carbonyl (C=O) groups is 2. The minimum absolute atomic E-state index is 0.0256. The SMILES string of the molecule is CCC(Oc1ccc(NC(=O)c2ccccc2[N+](=O)[O-])cc1)C(=O)c1ccccc1. The van der Waals surface area contributed by atoms with Gasteiger partial charge in [0.25, 0.3) is 11.6 Å². The van der Waals surface area contributed by atoms with E-state index in [1.54, 1.807) is 54.6 Å². The van der Waals surface area contributed by atoms with Gasteiger partial charge in [-0.3, -0.25) is 19.7 Å². The summed E-state index contributed by atoms with van der Waals surface area (Å²) >= 11 is 0. The Balaban J connectivity index is 1.68. The number of ketones is 1. The van der Waals surface area contributed by atoms with Gasteiger partial charge in [0.1, 0.15) is 11.3 Å². The minimum atomic E-state index is -0.625. The molecule has 1 N–H and O–H groups in total. The van der Waals surface area contributed by atoms with E-state index in [4.69, 9.17) is 4.74 Å². The monoisotopic (exact) mass is 404 g/mol. The zero-order chi connectivity index (χ0) is 21.5. The first-order valence-corrected chi connectivity index (χ1v) is 9.40. The van der Waals surface area contributed by atoms with Crippen LogP contribution in [0.3, 0.4) is 0 Å². The second-order valence-electron chi connectivity index (χ2n) is 6.50. The number of nitrogens with zero attached hydrogens (tertiary/aromatic N) is 1. The lowest BCUT2D eigenvalue weighted by Gasteiger charge is -2.17. The van der Waals surface area contributed by atoms with E-state index in [0.29, 0.717) is 23.4 Å². The molecule has 0 radical (unpaired) electrons. The smallest absolute Gasteiger partial charge is 0.282 e. The van der Waals surface area contributed by atoms with Gasteiger partial charge in [-0.25, -0.2) is 0 Å². The number of rotatable bonds is 8. The van der Waals surface area contributed by atoms with Crippen LogP contribution in [-0.2, 0) is 0 Å². The van der Waals surface area contributed by atoms with E-state index in [-0.39, 0.29) is 17.0 Å². The first kappa shape index (κ1) is 20.7. The summed E-state index contributed by atoms with van der Waals surface area (Å²) in [7, 11) is 0. The molecule has 7 nitrogen and oxygen atoms in total. The maximum absolute atomic E-state index is 12.6. The average Bonchev–Trinajstić information content (AvgIpc) is 2.78. The van der Waals surface area contributed by atoms with Crippen LogP contribution >= 0.6 is 0 Å². The van der Waals surface area contributed by atoms with Gasteiger partial charge in [0.2, 0.25) is 5.78 Å². The first-order valence-electron chi connectivity index (χ1n) is 9.40. The van der Waals surface area contributed by atoms with Crippen molar-refractivity contribution in [1.29, 1.82) is 0 Å². The van der Waals surface area contributed by atoms with Gasteiger partial charge in [-0.15, -0.1) is 0 Å². The molecule has 0 aliphatic heterocycles. The van der Waals surface area contributed by atoms with Crippen LogP contribution in [0.1, 0.15) is 34.1 Å². The number of ether oxygens (including phenoxy) is 1. The Hall–Kier alpha value is -4.00. The molecule has 0 fully saturated rings. The summed E-state index contributed by atoms with van der Waals surface area (Å²) in [6.45, 7) is 1.87. The molecule has 152 valence electrons. The average molecular weight is 404 g/mol. The lowest BCUT2D eigenvalue weighted by Crippen LogP contribution is -2.26. The van der Waals surface area contributed by atoms with Crippen molar-refractivity contribution in [3.8, 4) is 5.75 Å². The van der Waals surface area contributed by atoms with E-state index in [9.17, 15) is 19.7 Å². The van der Waals surface area contributed by atoms with E-state index < -0.39 is 16.9 Å². The lowest BCUT2D eigenvalue weighted by molar-refractivity contribution is -0.385. The molecule has 0 saturated carbocycles. The number of benzene rings is 3. The number of nitrogens with one attached hydrogen (secondary N) is 1. The van der Waals surface area contributed by atoms with Crippen LogP contribution < -0.4 is 10.1 Å². The van der Waals surface area contributed by atoms with E-state index in [1.165, 1.54) is 18.2 Å². The number of Topliss-reactive ketones (excluding diaryl/α,β-unsaturated/α-hetero) is 1. The summed E-state index contributed by atoms with van der Waals surface area (Å²) in [5, 5.41) is 13.7. The van der Waals surface area contributed by atoms with Gasteiger partial charge in [-0.2, -0.15) is 0 Å². The molecule has 7 heteroatoms. The number of nitro benzene ring substituents is 1. The molecule has 0 aromatic heterocycles. The largest absolute Gasteiger partial charge is 0.482 e. The van der Waals surface area contributed by atoms with Crippen LogP contribution in [0.4, 0.5) is 11.4 Å². The molecule has 3 aromatic carbocycles. The zero-order valence-electron chi connectivity index (χ0n) is 16.3. The summed E-state index contributed by atoms with van der Waals surface area (Å²) in [6, 6.07) is 21.2. The number of carbonyl (C=O) groups excluding carboxylic acids is 2. The van der Waals surface area contributed by atoms with Crippen LogP contribution in [0.2, 0.25) is 0 Å². The highest BCUT2D eigenvalue weighted by atomic mass is 16.6. The second-order valence-corrected chi connectivity index (χ2v) is 6.50. The van der Waals surface area contributed by atoms with Gasteiger partial charge in [0.15, 0.2) is 6.10 Å². The van der Waals surface area contributed by atoms with Crippen molar-refractivity contribution in [2.45, 2.75) is 19.4 Å². The van der Waals surface area contributed by atoms with E-state index in [2.05, 4.69) is 5.32 Å². The van der Waals surface area contributed by atoms with Crippen molar-refractivity contribution in [3.05, 3.63) is 100 Å². The highest BCUT2D eigenvalue weighted by molar-refractivity contribution is 6.07. The summed E-state index contributed by atoms with van der Waals surface area (Å²) in [6.07, 6.45) is -0.121. The van der Waals surface area contributed by atoms with Gasteiger partial charge in [0.05, 0.1) is 4.92 Å². The number of anilines is 1. The van der Waals surface area contributed by atoms with Gasteiger partial charge in [0, 0.05) is 17.3 Å². The van der Waals surface area contributed by atoms with Crippen molar-refractivity contribution < 1.29 is 19.2 Å². The Bertz CT molecular complexity index is 1050. The van der Waals surface area contributed by atoms with E-state index >= 15 is 0 Å². The predicted octanol–water partition coefficient (Wildman–Crippen LogP) is 4.89. The van der Waals surface area contributed by atoms with Gasteiger partial charge in [-0.1, -0.05) is 49.4 Å². The minimum Gasteiger partial charge on any atom is -0.482 e. The Kier molecular flexibility index (Phi) is 6.54. The molecule has 3 aromatic rings. The van der Waals surface area contributed by atoms with Crippen LogP contribution in [0.5, 0.6) is 5.75 Å². The summed E-state index contributed by atoms with van der Waals surface area (Å²) < 4.78 is 5.82. The first-order chi connectivity index (χ1) is 14.5. The van der Waals surface area contributed by atoms with Crippen molar-refractivity contribution in [2.24, 2.45) is 0 Å². The van der Waals surface area contributed by atoms with Gasteiger partial charge >= 0.3 is 0 Å². The normalized spacial score (nSPS) is 11.4. The molecule has 3 rings (SSSR count). The molecule has 0 spiro atoms. The molecule has 1 atom stereocenters. The van der Waals surface area contributed by atoms with Gasteiger partial charge < -0.3 is 10.1 Å². The fraction of sp³-hybridized carbons (Fsp3) is 0.130. The van der Waals surface area contributed by atoms with E-state index in [0.717, 1.165) is 0 Å². The quantitative estimate of drug-likeness (QED) is 0.327. The number of para-hydroxylation sites is 1. The molecule has 0 heterocycles. The maximum atomic E-state index is 12.6. The van der Waals surface area contributed by atoms with Crippen LogP contribution in [0.25, 0.3) is 0 Å². The topological polar surface area (TPSA) is 98.5 Å². The number of amides is 1. The molecule has 0 saturated heterocycles. The summed E-state index contributed by atoms with van der Waals surface area (Å²) in [5.74, 6) is -0.205. The molecule has 1 amide bonds. The second kappa shape index (κ2) is 9.47. The Labute approximate surface area is 173 Å². The third kappa shape index (κ3) is 4.88. The standard InChI is InChI=1S/C23H20N2O5/c1-2-21(22(26)16-8-4-3-5-9-16)30-18-14-12-17(13-15-18)24-23(27)19-10-6-7-11-20(19)25(28)29/h3-15,21H,2H2,1H3,(H,24,27). The third-order valence-electron chi connectivity index (χ3n) is 4.46.